The van der Waals surface area contributed by atoms with E-state index in [4.69, 9.17) is 9.72 Å². The quantitative estimate of drug-likeness (QED) is 0.167. The molecule has 41 heavy (non-hydrogen) atoms. The molecule has 6 heteroatoms. The summed E-state index contributed by atoms with van der Waals surface area (Å²) in [6.45, 7) is 4.59. The number of nitriles is 2. The number of fused-ring (bicyclic) bond motifs is 2. The van der Waals surface area contributed by atoms with Crippen LogP contribution in [0.25, 0.3) is 50.2 Å². The molecule has 2 heterocycles. The third-order valence-corrected chi connectivity index (χ3v) is 7.18. The Morgan fingerprint density at radius 3 is 2.46 bits per heavy atom. The van der Waals surface area contributed by atoms with Gasteiger partial charge in [-0.2, -0.15) is 10.5 Å². The van der Waals surface area contributed by atoms with E-state index in [-0.39, 0.29) is 5.57 Å². The van der Waals surface area contributed by atoms with Crippen molar-refractivity contribution in [1.29, 1.82) is 10.5 Å². The Bertz CT molecular complexity index is 2030. The number of imidazole rings is 1. The van der Waals surface area contributed by atoms with Crippen molar-refractivity contribution < 1.29 is 4.74 Å². The van der Waals surface area contributed by atoms with Gasteiger partial charge in [-0.25, -0.2) is 4.98 Å². The summed E-state index contributed by atoms with van der Waals surface area (Å²) in [4.78, 5) is 8.39. The molecule has 6 nitrogen and oxygen atoms in total. The zero-order valence-corrected chi connectivity index (χ0v) is 22.4. The summed E-state index contributed by atoms with van der Waals surface area (Å²) < 4.78 is 7.78. The highest BCUT2D eigenvalue weighted by atomic mass is 16.5. The van der Waals surface area contributed by atoms with Gasteiger partial charge in [-0.05, 0) is 53.1 Å². The minimum absolute atomic E-state index is 0.0623. The summed E-state index contributed by atoms with van der Waals surface area (Å²) in [6, 6.07) is 35.9. The fourth-order valence-corrected chi connectivity index (χ4v) is 5.33. The summed E-state index contributed by atoms with van der Waals surface area (Å²) in [7, 11) is 1.68. The van der Waals surface area contributed by atoms with Crippen molar-refractivity contribution in [2.24, 2.45) is 0 Å². The predicted octanol–water partition coefficient (Wildman–Crippen LogP) is 7.90. The number of hydrogen-bond donors (Lipinski definition) is 1. The molecule has 2 aromatic heterocycles. The Morgan fingerprint density at radius 1 is 0.927 bits per heavy atom. The smallest absolute Gasteiger partial charge is 0.155 e. The number of allylic oxidation sites excluding steroid dienone is 2. The number of H-pyrrole nitrogens is 1. The van der Waals surface area contributed by atoms with Crippen molar-refractivity contribution in [3.05, 3.63) is 126 Å². The van der Waals surface area contributed by atoms with Crippen LogP contribution in [0, 0.1) is 22.7 Å². The summed E-state index contributed by atoms with van der Waals surface area (Å²) in [5.41, 5.74) is 7.94. The number of ether oxygens (including phenoxy) is 1. The molecule has 0 saturated carbocycles. The van der Waals surface area contributed by atoms with Gasteiger partial charge in [0.25, 0.3) is 0 Å². The first-order valence-corrected chi connectivity index (χ1v) is 13.1. The molecular weight excluding hydrogens is 506 g/mol. The number of methoxy groups -OCH3 is 1. The second-order valence-corrected chi connectivity index (χ2v) is 9.56. The zero-order chi connectivity index (χ0) is 28.3. The molecule has 6 rings (SSSR count). The Morgan fingerprint density at radius 2 is 1.71 bits per heavy atom. The molecule has 0 fully saturated rings. The van der Waals surface area contributed by atoms with E-state index in [1.54, 1.807) is 7.11 Å². The lowest BCUT2D eigenvalue weighted by atomic mass is 9.93. The van der Waals surface area contributed by atoms with Gasteiger partial charge in [0.1, 0.15) is 23.5 Å². The molecule has 0 atom stereocenters. The van der Waals surface area contributed by atoms with Crippen molar-refractivity contribution in [3.63, 3.8) is 0 Å². The fourth-order valence-electron chi connectivity index (χ4n) is 5.33. The Hall–Kier alpha value is -5.85. The van der Waals surface area contributed by atoms with Crippen LogP contribution in [0.4, 0.5) is 0 Å². The van der Waals surface area contributed by atoms with E-state index in [1.807, 2.05) is 72.8 Å². The highest BCUT2D eigenvalue weighted by Gasteiger charge is 2.17. The number of benzene rings is 4. The SMILES string of the molecule is C=CCn1c(-c2nc3ccc(C(=C(C#N)C#N)c4ccccc4)cc3[nH]2)cc2cc(-c3ccccc3OC)ccc21. The largest absolute Gasteiger partial charge is 0.496 e. The van der Waals surface area contributed by atoms with Gasteiger partial charge in [0.15, 0.2) is 5.82 Å². The number of aromatic amines is 1. The van der Waals surface area contributed by atoms with Crippen molar-refractivity contribution >= 4 is 27.5 Å². The van der Waals surface area contributed by atoms with Crippen LogP contribution in [-0.2, 0) is 6.54 Å². The van der Waals surface area contributed by atoms with Crippen LogP contribution in [0.15, 0.2) is 115 Å². The second-order valence-electron chi connectivity index (χ2n) is 9.56. The minimum atomic E-state index is 0.0623. The number of nitrogens with zero attached hydrogens (tertiary/aromatic N) is 4. The Balaban J connectivity index is 1.48. The van der Waals surface area contributed by atoms with Crippen LogP contribution in [0.2, 0.25) is 0 Å². The highest BCUT2D eigenvalue weighted by Crippen LogP contribution is 2.35. The van der Waals surface area contributed by atoms with Gasteiger partial charge in [-0.3, -0.25) is 0 Å². The number of rotatable bonds is 7. The molecule has 0 bridgehead atoms. The molecule has 0 amide bonds. The van der Waals surface area contributed by atoms with Gasteiger partial charge >= 0.3 is 0 Å². The number of para-hydroxylation sites is 1. The molecule has 0 aliphatic heterocycles. The topological polar surface area (TPSA) is 90.4 Å². The third-order valence-electron chi connectivity index (χ3n) is 7.18. The normalized spacial score (nSPS) is 10.7. The van der Waals surface area contributed by atoms with Gasteiger partial charge in [-0.1, -0.05) is 66.7 Å². The van der Waals surface area contributed by atoms with E-state index in [9.17, 15) is 10.5 Å². The van der Waals surface area contributed by atoms with Crippen molar-refractivity contribution in [3.8, 4) is 40.5 Å². The van der Waals surface area contributed by atoms with E-state index in [2.05, 4.69) is 58.6 Å². The molecule has 1 N–H and O–H groups in total. The lowest BCUT2D eigenvalue weighted by molar-refractivity contribution is 0.416. The number of nitrogens with one attached hydrogen (secondary N) is 1. The average molecular weight is 532 g/mol. The van der Waals surface area contributed by atoms with Gasteiger partial charge in [0.05, 0.1) is 23.8 Å². The molecular formula is C35H25N5O. The van der Waals surface area contributed by atoms with Crippen LogP contribution in [-0.4, -0.2) is 21.6 Å². The molecule has 0 saturated heterocycles. The maximum atomic E-state index is 9.69. The summed E-state index contributed by atoms with van der Waals surface area (Å²) in [5, 5.41) is 20.5. The molecule has 0 spiro atoms. The van der Waals surface area contributed by atoms with Gasteiger partial charge in [0, 0.05) is 28.6 Å². The molecule has 0 aliphatic carbocycles. The highest BCUT2D eigenvalue weighted by molar-refractivity contribution is 5.93. The second kappa shape index (κ2) is 10.7. The van der Waals surface area contributed by atoms with Gasteiger partial charge in [-0.15, -0.1) is 6.58 Å². The fraction of sp³-hybridized carbons (Fsp3) is 0.0571. The van der Waals surface area contributed by atoms with Crippen LogP contribution < -0.4 is 4.74 Å². The average Bonchev–Trinajstić information content (AvgIpc) is 3.61. The van der Waals surface area contributed by atoms with Crippen LogP contribution >= 0.6 is 0 Å². The zero-order valence-electron chi connectivity index (χ0n) is 22.4. The van der Waals surface area contributed by atoms with E-state index in [0.29, 0.717) is 12.1 Å². The third kappa shape index (κ3) is 4.54. The van der Waals surface area contributed by atoms with E-state index >= 15 is 0 Å². The molecule has 6 aromatic rings. The first-order valence-electron chi connectivity index (χ1n) is 13.1. The minimum Gasteiger partial charge on any atom is -0.496 e. The summed E-state index contributed by atoms with van der Waals surface area (Å²) in [6.07, 6.45) is 1.88. The van der Waals surface area contributed by atoms with E-state index in [0.717, 1.165) is 61.5 Å². The first-order chi connectivity index (χ1) is 20.1. The predicted molar refractivity (Wildman–Crippen MR) is 163 cm³/mol. The number of aromatic nitrogens is 3. The van der Waals surface area contributed by atoms with Crippen molar-refractivity contribution in [2.75, 3.05) is 7.11 Å². The summed E-state index contributed by atoms with van der Waals surface area (Å²) in [5.74, 6) is 1.55. The number of hydrogen-bond acceptors (Lipinski definition) is 4. The Kier molecular flexibility index (Phi) is 6.65. The maximum Gasteiger partial charge on any atom is 0.155 e. The van der Waals surface area contributed by atoms with Crippen LogP contribution in [0.1, 0.15) is 11.1 Å². The summed E-state index contributed by atoms with van der Waals surface area (Å²) >= 11 is 0. The monoisotopic (exact) mass is 531 g/mol. The Labute approximate surface area is 237 Å². The van der Waals surface area contributed by atoms with Gasteiger partial charge < -0.3 is 14.3 Å². The van der Waals surface area contributed by atoms with Crippen LogP contribution in [0.5, 0.6) is 5.75 Å². The maximum absolute atomic E-state index is 9.69. The lowest BCUT2D eigenvalue weighted by Crippen LogP contribution is -1.98. The molecule has 0 radical (unpaired) electrons. The molecule has 4 aromatic carbocycles. The van der Waals surface area contributed by atoms with E-state index in [1.165, 1.54) is 0 Å². The van der Waals surface area contributed by atoms with Crippen molar-refractivity contribution in [1.82, 2.24) is 14.5 Å². The standard InChI is InChI=1S/C35H25N5O/c1-3-17-40-31-16-14-24(28-11-7-8-12-33(28)41-2)18-26(31)20-32(40)35-38-29-15-13-25(19-30(29)39-35)34(27(21-36)22-37)23-9-5-4-6-10-23/h3-16,18-20H,1,17H2,2H3,(H,38,39). The van der Waals surface area contributed by atoms with Crippen molar-refractivity contribution in [2.45, 2.75) is 6.54 Å². The van der Waals surface area contributed by atoms with Crippen LogP contribution in [0.3, 0.4) is 0 Å². The van der Waals surface area contributed by atoms with E-state index < -0.39 is 0 Å². The molecule has 0 aliphatic rings. The molecule has 0 unspecified atom stereocenters. The first kappa shape index (κ1) is 25.4. The van der Waals surface area contributed by atoms with Gasteiger partial charge in [0.2, 0.25) is 0 Å². The lowest BCUT2D eigenvalue weighted by Gasteiger charge is -2.09. The molecule has 196 valence electrons.